The van der Waals surface area contributed by atoms with Crippen molar-refractivity contribution in [2.45, 2.75) is 12.3 Å². The Balaban J connectivity index is 2.20. The number of furan rings is 1. The molecule has 3 heteroatoms. The molecule has 0 aliphatic carbocycles. The molecule has 0 spiro atoms. The molecule has 0 saturated heterocycles. The Morgan fingerprint density at radius 3 is 2.76 bits per heavy atom. The van der Waals surface area contributed by atoms with E-state index in [1.54, 1.807) is 6.26 Å². The number of nitrogens with one attached hydrogen (secondary N) is 1. The van der Waals surface area contributed by atoms with Crippen molar-refractivity contribution < 1.29 is 4.42 Å². The Bertz CT molecular complexity index is 453. The van der Waals surface area contributed by atoms with Gasteiger partial charge in [0.2, 0.25) is 0 Å². The first-order chi connectivity index (χ1) is 8.31. The fourth-order valence-corrected chi connectivity index (χ4v) is 2.65. The predicted molar refractivity (Wildman–Crippen MR) is 73.2 cm³/mol. The highest BCUT2D eigenvalue weighted by molar-refractivity contribution is 9.10. The molecule has 90 valence electrons. The first kappa shape index (κ1) is 12.4. The molecule has 0 fully saturated rings. The summed E-state index contributed by atoms with van der Waals surface area (Å²) in [6, 6.07) is 10.4. The molecular weight excluding hydrogens is 278 g/mol. The van der Waals surface area contributed by atoms with E-state index in [0.29, 0.717) is 5.92 Å². The second kappa shape index (κ2) is 6.03. The second-order valence-corrected chi connectivity index (χ2v) is 4.97. The van der Waals surface area contributed by atoms with Gasteiger partial charge in [-0.1, -0.05) is 34.1 Å². The van der Waals surface area contributed by atoms with Gasteiger partial charge in [0.05, 0.1) is 12.5 Å². The molecule has 17 heavy (non-hydrogen) atoms. The molecule has 0 aliphatic heterocycles. The van der Waals surface area contributed by atoms with E-state index in [9.17, 15) is 0 Å². The average molecular weight is 294 g/mol. The Morgan fingerprint density at radius 2 is 2.12 bits per heavy atom. The van der Waals surface area contributed by atoms with Crippen LogP contribution >= 0.6 is 15.9 Å². The number of rotatable bonds is 5. The van der Waals surface area contributed by atoms with E-state index >= 15 is 0 Å². The third kappa shape index (κ3) is 3.20. The number of hydrogen-bond donors (Lipinski definition) is 1. The minimum absolute atomic E-state index is 0.452. The van der Waals surface area contributed by atoms with Crippen LogP contribution in [0.5, 0.6) is 0 Å². The summed E-state index contributed by atoms with van der Waals surface area (Å²) in [6.07, 6.45) is 4.53. The van der Waals surface area contributed by atoms with Crippen molar-refractivity contribution in [3.63, 3.8) is 0 Å². The molecule has 2 nitrogen and oxygen atoms in total. The lowest BCUT2D eigenvalue weighted by atomic mass is 9.93. The fourth-order valence-electron chi connectivity index (χ4n) is 2.04. The first-order valence-corrected chi connectivity index (χ1v) is 6.50. The third-order valence-electron chi connectivity index (χ3n) is 2.86. The Hall–Kier alpha value is -1.06. The van der Waals surface area contributed by atoms with Gasteiger partial charge in [-0.3, -0.25) is 0 Å². The number of halogens is 1. The summed E-state index contributed by atoms with van der Waals surface area (Å²) in [7, 11) is 1.99. The zero-order chi connectivity index (χ0) is 12.1. The number of hydrogen-bond acceptors (Lipinski definition) is 2. The molecule has 1 N–H and O–H groups in total. The van der Waals surface area contributed by atoms with Crippen molar-refractivity contribution in [3.8, 4) is 0 Å². The van der Waals surface area contributed by atoms with Gasteiger partial charge in [-0.05, 0) is 36.7 Å². The molecule has 2 rings (SSSR count). The van der Waals surface area contributed by atoms with E-state index in [2.05, 4.69) is 39.4 Å². The maximum Gasteiger partial charge on any atom is 0.0934 e. The van der Waals surface area contributed by atoms with Crippen LogP contribution in [0.1, 0.15) is 17.0 Å². The van der Waals surface area contributed by atoms with Crippen molar-refractivity contribution in [1.82, 2.24) is 5.32 Å². The fraction of sp³-hybridized carbons (Fsp3) is 0.286. The normalized spacial score (nSPS) is 12.6. The van der Waals surface area contributed by atoms with Gasteiger partial charge in [0.25, 0.3) is 0 Å². The largest absolute Gasteiger partial charge is 0.472 e. The predicted octanol–water partition coefficient (Wildman–Crippen LogP) is 3.59. The van der Waals surface area contributed by atoms with Gasteiger partial charge in [-0.2, -0.15) is 0 Å². The van der Waals surface area contributed by atoms with Gasteiger partial charge in [0.1, 0.15) is 0 Å². The van der Waals surface area contributed by atoms with E-state index < -0.39 is 0 Å². The zero-order valence-electron chi connectivity index (χ0n) is 9.82. The van der Waals surface area contributed by atoms with Crippen LogP contribution in [0.4, 0.5) is 0 Å². The minimum Gasteiger partial charge on any atom is -0.472 e. The lowest BCUT2D eigenvalue weighted by Gasteiger charge is -2.17. The van der Waals surface area contributed by atoms with Gasteiger partial charge in [0.15, 0.2) is 0 Å². The molecule has 2 aromatic rings. The summed E-state index contributed by atoms with van der Waals surface area (Å²) in [5.74, 6) is 0.452. The lowest BCUT2D eigenvalue weighted by molar-refractivity contribution is 0.558. The second-order valence-electron chi connectivity index (χ2n) is 4.11. The molecule has 0 aliphatic rings. The van der Waals surface area contributed by atoms with Crippen LogP contribution in [-0.2, 0) is 6.42 Å². The summed E-state index contributed by atoms with van der Waals surface area (Å²) >= 11 is 3.62. The molecule has 1 unspecified atom stereocenters. The Kier molecular flexibility index (Phi) is 4.40. The van der Waals surface area contributed by atoms with Crippen molar-refractivity contribution in [1.29, 1.82) is 0 Å². The third-order valence-corrected chi connectivity index (χ3v) is 3.58. The number of likely N-dealkylation sites (N-methyl/N-ethyl adjacent to an activating group) is 1. The van der Waals surface area contributed by atoms with E-state index in [1.807, 2.05) is 25.4 Å². The highest BCUT2D eigenvalue weighted by atomic mass is 79.9. The minimum atomic E-state index is 0.452. The average Bonchev–Trinajstić information content (AvgIpc) is 2.82. The van der Waals surface area contributed by atoms with Crippen molar-refractivity contribution in [2.24, 2.45) is 0 Å². The van der Waals surface area contributed by atoms with Crippen molar-refractivity contribution in [2.75, 3.05) is 13.6 Å². The van der Waals surface area contributed by atoms with Crippen LogP contribution in [0.2, 0.25) is 0 Å². The molecule has 0 saturated carbocycles. The molecule has 0 bridgehead atoms. The summed E-state index contributed by atoms with van der Waals surface area (Å²) in [4.78, 5) is 0. The molecule has 1 heterocycles. The summed E-state index contributed by atoms with van der Waals surface area (Å²) < 4.78 is 6.30. The van der Waals surface area contributed by atoms with E-state index in [-0.39, 0.29) is 0 Å². The maximum atomic E-state index is 5.13. The zero-order valence-corrected chi connectivity index (χ0v) is 11.4. The van der Waals surface area contributed by atoms with E-state index in [4.69, 9.17) is 4.42 Å². The smallest absolute Gasteiger partial charge is 0.0934 e. The molecule has 1 atom stereocenters. The van der Waals surface area contributed by atoms with Gasteiger partial charge < -0.3 is 9.73 Å². The topological polar surface area (TPSA) is 25.2 Å². The van der Waals surface area contributed by atoms with Crippen LogP contribution < -0.4 is 5.32 Å². The molecular formula is C14H16BrNO. The van der Waals surface area contributed by atoms with Gasteiger partial charge in [0, 0.05) is 16.9 Å². The van der Waals surface area contributed by atoms with Crippen LogP contribution in [-0.4, -0.2) is 13.6 Å². The molecule has 0 amide bonds. The molecule has 1 aromatic carbocycles. The Labute approximate surface area is 110 Å². The monoisotopic (exact) mass is 293 g/mol. The molecule has 1 aromatic heterocycles. The lowest BCUT2D eigenvalue weighted by Crippen LogP contribution is -2.19. The quantitative estimate of drug-likeness (QED) is 0.911. The summed E-state index contributed by atoms with van der Waals surface area (Å²) in [6.45, 7) is 0.952. The standard InChI is InChI=1S/C14H16BrNO/c1-16-9-12(8-11-6-7-17-10-11)13-4-2-3-5-14(13)15/h2-7,10,12,16H,8-9H2,1H3. The summed E-state index contributed by atoms with van der Waals surface area (Å²) in [5.41, 5.74) is 2.57. The van der Waals surface area contributed by atoms with E-state index in [0.717, 1.165) is 13.0 Å². The highest BCUT2D eigenvalue weighted by Gasteiger charge is 2.14. The number of benzene rings is 1. The van der Waals surface area contributed by atoms with Crippen LogP contribution in [0.3, 0.4) is 0 Å². The van der Waals surface area contributed by atoms with Gasteiger partial charge in [-0.15, -0.1) is 0 Å². The van der Waals surface area contributed by atoms with Crippen molar-refractivity contribution in [3.05, 3.63) is 58.5 Å². The highest BCUT2D eigenvalue weighted by Crippen LogP contribution is 2.27. The SMILES string of the molecule is CNCC(Cc1ccoc1)c1ccccc1Br. The van der Waals surface area contributed by atoms with Crippen molar-refractivity contribution >= 4 is 15.9 Å². The van der Waals surface area contributed by atoms with Gasteiger partial charge >= 0.3 is 0 Å². The van der Waals surface area contributed by atoms with E-state index in [1.165, 1.54) is 15.6 Å². The van der Waals surface area contributed by atoms with Gasteiger partial charge in [-0.25, -0.2) is 0 Å². The maximum absolute atomic E-state index is 5.13. The van der Waals surface area contributed by atoms with Crippen LogP contribution in [0.25, 0.3) is 0 Å². The first-order valence-electron chi connectivity index (χ1n) is 5.71. The summed E-state index contributed by atoms with van der Waals surface area (Å²) in [5, 5.41) is 3.25. The van der Waals surface area contributed by atoms with Crippen LogP contribution in [0.15, 0.2) is 51.7 Å². The molecule has 0 radical (unpaired) electrons. The Morgan fingerprint density at radius 1 is 1.29 bits per heavy atom. The van der Waals surface area contributed by atoms with Crippen LogP contribution in [0, 0.1) is 0 Å².